The smallest absolute Gasteiger partial charge is 0.101 e. The van der Waals surface area contributed by atoms with E-state index < -0.39 is 0 Å². The lowest BCUT2D eigenvalue weighted by atomic mass is 10.2. The summed E-state index contributed by atoms with van der Waals surface area (Å²) in [4.78, 5) is 0. The average Bonchev–Trinajstić information content (AvgIpc) is 2.08. The van der Waals surface area contributed by atoms with Gasteiger partial charge in [0.15, 0.2) is 0 Å². The Morgan fingerprint density at radius 3 is 2.33 bits per heavy atom. The van der Waals surface area contributed by atoms with E-state index in [1.807, 2.05) is 6.07 Å². The number of nitrogen functional groups attached to an aromatic ring is 1. The summed E-state index contributed by atoms with van der Waals surface area (Å²) in [5.41, 5.74) is 5.87. The molecule has 0 saturated heterocycles. The molecule has 2 N–H and O–H groups in total. The van der Waals surface area contributed by atoms with E-state index in [-0.39, 0.29) is 26.3 Å². The summed E-state index contributed by atoms with van der Waals surface area (Å²) in [6.07, 6.45) is 0. The van der Waals surface area contributed by atoms with Crippen LogP contribution in [0.1, 0.15) is 5.56 Å². The van der Waals surface area contributed by atoms with E-state index in [4.69, 9.17) is 45.8 Å². The van der Waals surface area contributed by atoms with E-state index in [0.717, 1.165) is 0 Å². The van der Waals surface area contributed by atoms with Crippen LogP contribution in [0.3, 0.4) is 0 Å². The van der Waals surface area contributed by atoms with Crippen LogP contribution in [-0.4, -0.2) is 0 Å². The third-order valence-electron chi connectivity index (χ3n) is 1.31. The Balaban J connectivity index is 3.52. The first-order valence-corrected chi connectivity index (χ1v) is 4.04. The number of nitriles is 1. The Kier molecular flexibility index (Phi) is 2.69. The topological polar surface area (TPSA) is 49.8 Å². The van der Waals surface area contributed by atoms with Crippen LogP contribution in [0.5, 0.6) is 0 Å². The van der Waals surface area contributed by atoms with Crippen LogP contribution in [0.15, 0.2) is 6.07 Å². The molecule has 1 rings (SSSR count). The van der Waals surface area contributed by atoms with Gasteiger partial charge in [0.05, 0.1) is 26.3 Å². The normalized spacial score (nSPS) is 9.50. The number of hydrogen-bond donors (Lipinski definition) is 1. The quantitative estimate of drug-likeness (QED) is 0.540. The van der Waals surface area contributed by atoms with Crippen molar-refractivity contribution in [3.8, 4) is 6.07 Å². The fourth-order valence-electron chi connectivity index (χ4n) is 0.691. The van der Waals surface area contributed by atoms with Crippen molar-refractivity contribution < 1.29 is 0 Å². The summed E-state index contributed by atoms with van der Waals surface area (Å²) in [5.74, 6) is 0. The predicted molar refractivity (Wildman–Crippen MR) is 50.6 cm³/mol. The zero-order chi connectivity index (χ0) is 9.30. The van der Waals surface area contributed by atoms with E-state index in [1.54, 1.807) is 0 Å². The number of anilines is 1. The maximum absolute atomic E-state index is 8.57. The van der Waals surface area contributed by atoms with Crippen molar-refractivity contribution in [1.82, 2.24) is 0 Å². The Hall–Kier alpha value is -0.620. The molecule has 62 valence electrons. The number of halogens is 3. The molecule has 0 heterocycles. The molecule has 5 heteroatoms. The van der Waals surface area contributed by atoms with Crippen molar-refractivity contribution in [3.05, 3.63) is 26.7 Å². The van der Waals surface area contributed by atoms with Gasteiger partial charge in [-0.05, 0) is 6.07 Å². The Morgan fingerprint density at radius 2 is 1.83 bits per heavy atom. The van der Waals surface area contributed by atoms with Crippen molar-refractivity contribution in [1.29, 1.82) is 5.26 Å². The van der Waals surface area contributed by atoms with E-state index in [2.05, 4.69) is 0 Å². The standard InChI is InChI=1S/C7H3Cl3N2/c8-4-1-3(2-11)5(9)6(10)7(4)12/h1H,12H2. The Morgan fingerprint density at radius 1 is 1.25 bits per heavy atom. The molecule has 0 fully saturated rings. The second-order valence-corrected chi connectivity index (χ2v) is 3.22. The summed E-state index contributed by atoms with van der Waals surface area (Å²) < 4.78 is 0. The highest BCUT2D eigenvalue weighted by Crippen LogP contribution is 2.36. The first-order chi connectivity index (χ1) is 5.57. The molecular weight excluding hydrogens is 218 g/mol. The summed E-state index contributed by atoms with van der Waals surface area (Å²) in [5, 5.41) is 9.07. The number of nitrogens with zero attached hydrogens (tertiary/aromatic N) is 1. The van der Waals surface area contributed by atoms with Gasteiger partial charge in [0.1, 0.15) is 6.07 Å². The van der Waals surface area contributed by atoms with E-state index in [0.29, 0.717) is 0 Å². The largest absolute Gasteiger partial charge is 0.396 e. The highest BCUT2D eigenvalue weighted by molar-refractivity contribution is 6.46. The van der Waals surface area contributed by atoms with Crippen molar-refractivity contribution in [2.45, 2.75) is 0 Å². The first-order valence-electron chi connectivity index (χ1n) is 2.91. The van der Waals surface area contributed by atoms with Crippen molar-refractivity contribution in [2.24, 2.45) is 0 Å². The molecule has 0 spiro atoms. The van der Waals surface area contributed by atoms with Crippen LogP contribution in [0, 0.1) is 11.3 Å². The summed E-state index contributed by atoms with van der Waals surface area (Å²) in [7, 11) is 0. The third kappa shape index (κ3) is 1.44. The SMILES string of the molecule is N#Cc1cc(Cl)c(N)c(Cl)c1Cl. The number of hydrogen-bond acceptors (Lipinski definition) is 2. The van der Waals surface area contributed by atoms with Gasteiger partial charge in [-0.1, -0.05) is 34.8 Å². The van der Waals surface area contributed by atoms with Crippen LogP contribution < -0.4 is 5.73 Å². The summed E-state index contributed by atoms with van der Waals surface area (Å²) in [6, 6.07) is 3.23. The second-order valence-electron chi connectivity index (χ2n) is 2.06. The minimum atomic E-state index is 0.126. The molecule has 1 aromatic rings. The van der Waals surface area contributed by atoms with Crippen molar-refractivity contribution in [3.63, 3.8) is 0 Å². The lowest BCUT2D eigenvalue weighted by Crippen LogP contribution is -1.90. The van der Waals surface area contributed by atoms with Gasteiger partial charge in [0, 0.05) is 0 Å². The zero-order valence-electron chi connectivity index (χ0n) is 5.74. The molecule has 0 amide bonds. The molecule has 2 nitrogen and oxygen atoms in total. The van der Waals surface area contributed by atoms with Gasteiger partial charge >= 0.3 is 0 Å². The third-order valence-corrected chi connectivity index (χ3v) is 2.51. The molecule has 1 aromatic carbocycles. The van der Waals surface area contributed by atoms with Gasteiger partial charge in [-0.2, -0.15) is 5.26 Å². The highest BCUT2D eigenvalue weighted by atomic mass is 35.5. The number of rotatable bonds is 0. The molecule has 0 saturated carbocycles. The van der Waals surface area contributed by atoms with Gasteiger partial charge in [-0.15, -0.1) is 0 Å². The van der Waals surface area contributed by atoms with Gasteiger partial charge in [0.25, 0.3) is 0 Å². The van der Waals surface area contributed by atoms with Crippen LogP contribution in [-0.2, 0) is 0 Å². The van der Waals surface area contributed by atoms with Gasteiger partial charge < -0.3 is 5.73 Å². The highest BCUT2D eigenvalue weighted by Gasteiger charge is 2.11. The van der Waals surface area contributed by atoms with E-state index in [1.165, 1.54) is 6.07 Å². The first kappa shape index (κ1) is 9.47. The molecule has 0 atom stereocenters. The lowest BCUT2D eigenvalue weighted by Gasteiger charge is -2.03. The molecule has 0 aliphatic rings. The maximum Gasteiger partial charge on any atom is 0.101 e. The summed E-state index contributed by atoms with van der Waals surface area (Å²) in [6.45, 7) is 0. The zero-order valence-corrected chi connectivity index (χ0v) is 8.00. The number of nitrogens with two attached hydrogens (primary N) is 1. The molecule has 0 aliphatic carbocycles. The lowest BCUT2D eigenvalue weighted by molar-refractivity contribution is 1.48. The fourth-order valence-corrected chi connectivity index (χ4v) is 1.34. The van der Waals surface area contributed by atoms with E-state index >= 15 is 0 Å². The predicted octanol–water partition coefficient (Wildman–Crippen LogP) is 3.10. The van der Waals surface area contributed by atoms with Crippen LogP contribution in [0.25, 0.3) is 0 Å². The molecule has 0 aromatic heterocycles. The minimum Gasteiger partial charge on any atom is -0.396 e. The van der Waals surface area contributed by atoms with Crippen LogP contribution in [0.4, 0.5) is 5.69 Å². The molecule has 0 radical (unpaired) electrons. The summed E-state index contributed by atoms with van der Waals surface area (Å²) >= 11 is 17.0. The molecular formula is C7H3Cl3N2. The fraction of sp³-hybridized carbons (Fsp3) is 0. The second kappa shape index (κ2) is 3.40. The molecule has 0 unspecified atom stereocenters. The Labute approximate surface area is 84.4 Å². The number of benzene rings is 1. The maximum atomic E-state index is 8.57. The van der Waals surface area contributed by atoms with Crippen LogP contribution >= 0.6 is 34.8 Å². The Bertz CT molecular complexity index is 368. The minimum absolute atomic E-state index is 0.126. The van der Waals surface area contributed by atoms with Gasteiger partial charge in [0.2, 0.25) is 0 Å². The monoisotopic (exact) mass is 220 g/mol. The van der Waals surface area contributed by atoms with Crippen molar-refractivity contribution >= 4 is 40.5 Å². The molecule has 12 heavy (non-hydrogen) atoms. The van der Waals surface area contributed by atoms with Crippen LogP contribution in [0.2, 0.25) is 15.1 Å². The van der Waals surface area contributed by atoms with Gasteiger partial charge in [-0.25, -0.2) is 0 Å². The average molecular weight is 221 g/mol. The molecule has 0 bridgehead atoms. The molecule has 0 aliphatic heterocycles. The van der Waals surface area contributed by atoms with Gasteiger partial charge in [-0.3, -0.25) is 0 Å². The van der Waals surface area contributed by atoms with E-state index in [9.17, 15) is 0 Å². The van der Waals surface area contributed by atoms with Crippen molar-refractivity contribution in [2.75, 3.05) is 5.73 Å².